The first kappa shape index (κ1) is 10.6. The average Bonchev–Trinajstić information content (AvgIpc) is 2.26. The predicted octanol–water partition coefficient (Wildman–Crippen LogP) is 2.39. The van der Waals surface area contributed by atoms with Crippen LogP contribution in [0.3, 0.4) is 0 Å². The summed E-state index contributed by atoms with van der Waals surface area (Å²) in [5.41, 5.74) is 6.52. The Hall–Kier alpha value is -1.87. The molecule has 0 saturated carbocycles. The summed E-state index contributed by atoms with van der Waals surface area (Å²) < 4.78 is 0. The van der Waals surface area contributed by atoms with Gasteiger partial charge in [-0.15, -0.1) is 0 Å². The molecule has 1 heterocycles. The van der Waals surface area contributed by atoms with E-state index < -0.39 is 5.91 Å². The van der Waals surface area contributed by atoms with Gasteiger partial charge in [-0.3, -0.25) is 4.79 Å². The molecule has 2 rings (SSSR count). The number of nitrogens with two attached hydrogens (primary N) is 1. The van der Waals surface area contributed by atoms with Gasteiger partial charge in [0.1, 0.15) is 0 Å². The molecular weight excluding hydrogens is 224 g/mol. The van der Waals surface area contributed by atoms with Gasteiger partial charge in [-0.25, -0.2) is 4.98 Å². The molecule has 0 bridgehead atoms. The van der Waals surface area contributed by atoms with Crippen LogP contribution in [-0.4, -0.2) is 10.9 Å². The van der Waals surface area contributed by atoms with Crippen LogP contribution in [-0.2, 0) is 4.79 Å². The fourth-order valence-corrected chi connectivity index (χ4v) is 1.55. The number of carbonyl (C=O) groups is 1. The maximum Gasteiger partial charge on any atom is 0.241 e. The number of aromatic nitrogens is 1. The van der Waals surface area contributed by atoms with Crippen molar-refractivity contribution in [1.29, 1.82) is 0 Å². The van der Waals surface area contributed by atoms with Gasteiger partial charge in [0.25, 0.3) is 0 Å². The van der Waals surface area contributed by atoms with Crippen LogP contribution in [0.1, 0.15) is 5.69 Å². The monoisotopic (exact) mass is 232 g/mol. The highest BCUT2D eigenvalue weighted by molar-refractivity contribution is 6.31. The van der Waals surface area contributed by atoms with Crippen molar-refractivity contribution in [3.05, 3.63) is 47.1 Å². The second kappa shape index (κ2) is 4.33. The Labute approximate surface area is 97.5 Å². The summed E-state index contributed by atoms with van der Waals surface area (Å²) in [5, 5.41) is 1.64. The van der Waals surface area contributed by atoms with Crippen LogP contribution in [0, 0.1) is 0 Å². The number of hydrogen-bond donors (Lipinski definition) is 1. The molecule has 80 valence electrons. The van der Waals surface area contributed by atoms with Crippen molar-refractivity contribution in [3.63, 3.8) is 0 Å². The Bertz CT molecular complexity index is 578. The van der Waals surface area contributed by atoms with E-state index in [4.69, 9.17) is 17.3 Å². The van der Waals surface area contributed by atoms with E-state index in [1.54, 1.807) is 18.2 Å². The van der Waals surface area contributed by atoms with Crippen LogP contribution in [0.5, 0.6) is 0 Å². The third-order valence-corrected chi connectivity index (χ3v) is 2.33. The van der Waals surface area contributed by atoms with E-state index in [0.717, 1.165) is 10.9 Å². The molecule has 3 nitrogen and oxygen atoms in total. The van der Waals surface area contributed by atoms with E-state index in [-0.39, 0.29) is 0 Å². The highest BCUT2D eigenvalue weighted by Gasteiger charge is 1.97. The van der Waals surface area contributed by atoms with Gasteiger partial charge in [0.05, 0.1) is 11.2 Å². The van der Waals surface area contributed by atoms with Gasteiger partial charge in [0, 0.05) is 16.5 Å². The lowest BCUT2D eigenvalue weighted by molar-refractivity contribution is -0.113. The second-order valence-corrected chi connectivity index (χ2v) is 3.75. The predicted molar refractivity (Wildman–Crippen MR) is 65.0 cm³/mol. The Balaban J connectivity index is 2.44. The number of fused-ring (bicyclic) bond motifs is 1. The highest BCUT2D eigenvalue weighted by Crippen LogP contribution is 2.18. The lowest BCUT2D eigenvalue weighted by atomic mass is 10.2. The Morgan fingerprint density at radius 2 is 2.12 bits per heavy atom. The molecule has 0 saturated heterocycles. The maximum absolute atomic E-state index is 10.6. The Morgan fingerprint density at radius 1 is 1.31 bits per heavy atom. The molecule has 2 N–H and O–H groups in total. The molecule has 0 aliphatic rings. The Morgan fingerprint density at radius 3 is 2.88 bits per heavy atom. The summed E-state index contributed by atoms with van der Waals surface area (Å²) in [6, 6.07) is 9.15. The fourth-order valence-electron chi connectivity index (χ4n) is 1.37. The highest BCUT2D eigenvalue weighted by atomic mass is 35.5. The van der Waals surface area contributed by atoms with E-state index in [1.807, 2.05) is 18.2 Å². The first-order chi connectivity index (χ1) is 7.65. The van der Waals surface area contributed by atoms with Crippen LogP contribution in [0.2, 0.25) is 5.02 Å². The van der Waals surface area contributed by atoms with Crippen molar-refractivity contribution in [2.24, 2.45) is 5.73 Å². The van der Waals surface area contributed by atoms with Gasteiger partial charge in [0.15, 0.2) is 0 Å². The SMILES string of the molecule is NC(=O)/C=C/c1ccc2cc(Cl)ccc2n1. The van der Waals surface area contributed by atoms with Crippen molar-refractivity contribution in [1.82, 2.24) is 4.98 Å². The largest absolute Gasteiger partial charge is 0.366 e. The molecular formula is C12H9ClN2O. The fraction of sp³-hybridized carbons (Fsp3) is 0. The van der Waals surface area contributed by atoms with Crippen LogP contribution >= 0.6 is 11.6 Å². The number of nitrogens with zero attached hydrogens (tertiary/aromatic N) is 1. The topological polar surface area (TPSA) is 56.0 Å². The van der Waals surface area contributed by atoms with Crippen molar-refractivity contribution in [2.45, 2.75) is 0 Å². The van der Waals surface area contributed by atoms with Crippen LogP contribution < -0.4 is 5.73 Å². The molecule has 1 aromatic heterocycles. The molecule has 0 aliphatic heterocycles. The third kappa shape index (κ3) is 2.38. The number of carbonyl (C=O) groups excluding carboxylic acids is 1. The van der Waals surface area contributed by atoms with Gasteiger partial charge in [-0.1, -0.05) is 17.7 Å². The number of rotatable bonds is 2. The molecule has 0 spiro atoms. The minimum Gasteiger partial charge on any atom is -0.366 e. The minimum absolute atomic E-state index is 0.488. The minimum atomic E-state index is -0.488. The van der Waals surface area contributed by atoms with Gasteiger partial charge in [0.2, 0.25) is 5.91 Å². The smallest absolute Gasteiger partial charge is 0.241 e. The molecule has 0 fully saturated rings. The lowest BCUT2D eigenvalue weighted by Crippen LogP contribution is -2.05. The summed E-state index contributed by atoms with van der Waals surface area (Å²) in [6.07, 6.45) is 2.86. The van der Waals surface area contributed by atoms with Crippen LogP contribution in [0.4, 0.5) is 0 Å². The molecule has 0 unspecified atom stereocenters. The summed E-state index contributed by atoms with van der Waals surface area (Å²) in [5.74, 6) is -0.488. The molecule has 1 aromatic carbocycles. The average molecular weight is 233 g/mol. The zero-order chi connectivity index (χ0) is 11.5. The molecule has 0 radical (unpaired) electrons. The molecule has 1 amide bonds. The van der Waals surface area contributed by atoms with Crippen molar-refractivity contribution in [2.75, 3.05) is 0 Å². The zero-order valence-corrected chi connectivity index (χ0v) is 9.11. The summed E-state index contributed by atoms with van der Waals surface area (Å²) >= 11 is 5.86. The van der Waals surface area contributed by atoms with Gasteiger partial charge >= 0.3 is 0 Å². The Kier molecular flexibility index (Phi) is 2.88. The summed E-state index contributed by atoms with van der Waals surface area (Å²) in [7, 11) is 0. The van der Waals surface area contributed by atoms with E-state index >= 15 is 0 Å². The number of pyridine rings is 1. The number of primary amides is 1. The van der Waals surface area contributed by atoms with Crippen molar-refractivity contribution >= 4 is 34.5 Å². The molecule has 16 heavy (non-hydrogen) atoms. The molecule has 2 aromatic rings. The molecule has 4 heteroatoms. The lowest BCUT2D eigenvalue weighted by Gasteiger charge is -1.99. The quantitative estimate of drug-likeness (QED) is 0.809. The first-order valence-corrected chi connectivity index (χ1v) is 5.07. The molecule has 0 aliphatic carbocycles. The van der Waals surface area contributed by atoms with E-state index in [2.05, 4.69) is 4.98 Å². The van der Waals surface area contributed by atoms with E-state index in [0.29, 0.717) is 10.7 Å². The normalized spacial score (nSPS) is 11.1. The van der Waals surface area contributed by atoms with Crippen LogP contribution in [0.15, 0.2) is 36.4 Å². The third-order valence-electron chi connectivity index (χ3n) is 2.09. The van der Waals surface area contributed by atoms with Gasteiger partial charge < -0.3 is 5.73 Å². The number of hydrogen-bond acceptors (Lipinski definition) is 2. The maximum atomic E-state index is 10.6. The zero-order valence-electron chi connectivity index (χ0n) is 8.35. The second-order valence-electron chi connectivity index (χ2n) is 3.31. The summed E-state index contributed by atoms with van der Waals surface area (Å²) in [4.78, 5) is 14.9. The number of benzene rings is 1. The van der Waals surface area contributed by atoms with Gasteiger partial charge in [-0.2, -0.15) is 0 Å². The van der Waals surface area contributed by atoms with E-state index in [1.165, 1.54) is 6.08 Å². The number of amides is 1. The molecule has 0 atom stereocenters. The standard InChI is InChI=1S/C12H9ClN2O/c13-9-2-5-11-8(7-9)1-3-10(15-11)4-6-12(14)16/h1-7H,(H2,14,16)/b6-4+. The van der Waals surface area contributed by atoms with Crippen molar-refractivity contribution < 1.29 is 4.79 Å². The van der Waals surface area contributed by atoms with Gasteiger partial charge in [-0.05, 0) is 30.3 Å². The number of halogens is 1. The van der Waals surface area contributed by atoms with Crippen molar-refractivity contribution in [3.8, 4) is 0 Å². The summed E-state index contributed by atoms with van der Waals surface area (Å²) in [6.45, 7) is 0. The van der Waals surface area contributed by atoms with E-state index in [9.17, 15) is 4.79 Å². The first-order valence-electron chi connectivity index (χ1n) is 4.69. The van der Waals surface area contributed by atoms with Crippen LogP contribution in [0.25, 0.3) is 17.0 Å².